The molecule has 2 aromatic carbocycles. The Balaban J connectivity index is 1.71. The highest BCUT2D eigenvalue weighted by molar-refractivity contribution is 5.95. The van der Waals surface area contributed by atoms with Crippen molar-refractivity contribution in [1.82, 2.24) is 5.43 Å². The second-order valence-corrected chi connectivity index (χ2v) is 5.22. The third-order valence-electron chi connectivity index (χ3n) is 3.43. The van der Waals surface area contributed by atoms with Crippen LogP contribution in [0.3, 0.4) is 0 Å². The largest absolute Gasteiger partial charge is 0.454 e. The fraction of sp³-hybridized carbons (Fsp3) is 0.176. The van der Waals surface area contributed by atoms with Crippen LogP contribution in [0.2, 0.25) is 0 Å². The third-order valence-corrected chi connectivity index (χ3v) is 3.43. The molecule has 1 heterocycles. The van der Waals surface area contributed by atoms with E-state index in [0.717, 1.165) is 18.3 Å². The molecule has 11 heteroatoms. The molecular weight excluding hydrogens is 388 g/mol. The number of carbonyl (C=O) groups is 1. The lowest BCUT2D eigenvalue weighted by Gasteiger charge is -2.10. The van der Waals surface area contributed by atoms with Crippen molar-refractivity contribution in [1.29, 1.82) is 0 Å². The molecule has 0 aliphatic carbocycles. The van der Waals surface area contributed by atoms with Gasteiger partial charge in [0.2, 0.25) is 6.79 Å². The number of rotatable bonds is 7. The summed E-state index contributed by atoms with van der Waals surface area (Å²) in [4.78, 5) is 12.1. The Morgan fingerprint density at radius 3 is 2.54 bits per heavy atom. The van der Waals surface area contributed by atoms with E-state index in [9.17, 15) is 22.4 Å². The van der Waals surface area contributed by atoms with Crippen LogP contribution in [0.4, 0.5) is 17.6 Å². The number of hydrogen-bond donors (Lipinski definition) is 1. The van der Waals surface area contributed by atoms with Gasteiger partial charge >= 0.3 is 13.2 Å². The van der Waals surface area contributed by atoms with Gasteiger partial charge < -0.3 is 18.9 Å². The van der Waals surface area contributed by atoms with E-state index in [1.54, 1.807) is 6.07 Å². The minimum absolute atomic E-state index is 0.00732. The maximum Gasteiger partial charge on any atom is 0.387 e. The highest BCUT2D eigenvalue weighted by atomic mass is 19.3. The molecule has 0 aromatic heterocycles. The number of amides is 1. The van der Waals surface area contributed by atoms with E-state index < -0.39 is 24.9 Å². The summed E-state index contributed by atoms with van der Waals surface area (Å²) in [6.45, 7) is -6.27. The Kier molecular flexibility index (Phi) is 5.82. The average Bonchev–Trinajstić information content (AvgIpc) is 3.10. The third kappa shape index (κ3) is 4.81. The zero-order chi connectivity index (χ0) is 20.1. The molecule has 0 bridgehead atoms. The maximum absolute atomic E-state index is 12.5. The van der Waals surface area contributed by atoms with Crippen molar-refractivity contribution in [3.8, 4) is 23.0 Å². The molecule has 1 aliphatic heterocycles. The van der Waals surface area contributed by atoms with Gasteiger partial charge in [0.05, 0.1) is 6.21 Å². The number of nitrogens with one attached hydrogen (secondary N) is 1. The van der Waals surface area contributed by atoms with Crippen molar-refractivity contribution in [3.63, 3.8) is 0 Å². The quantitative estimate of drug-likeness (QED) is 0.438. The van der Waals surface area contributed by atoms with Crippen LogP contribution in [0.15, 0.2) is 41.5 Å². The molecule has 0 fully saturated rings. The van der Waals surface area contributed by atoms with Gasteiger partial charge in [-0.3, -0.25) is 4.79 Å². The van der Waals surface area contributed by atoms with Crippen LogP contribution in [-0.4, -0.2) is 32.1 Å². The number of nitrogens with zero attached hydrogens (tertiary/aromatic N) is 1. The van der Waals surface area contributed by atoms with Gasteiger partial charge in [0.25, 0.3) is 5.91 Å². The summed E-state index contributed by atoms with van der Waals surface area (Å²) in [6, 6.07) is 7.64. The van der Waals surface area contributed by atoms with Crippen molar-refractivity contribution in [2.24, 2.45) is 5.10 Å². The molecule has 0 spiro atoms. The monoisotopic (exact) mass is 400 g/mol. The van der Waals surface area contributed by atoms with Gasteiger partial charge in [-0.1, -0.05) is 0 Å². The van der Waals surface area contributed by atoms with Gasteiger partial charge in [0, 0.05) is 17.2 Å². The summed E-state index contributed by atoms with van der Waals surface area (Å²) in [5.41, 5.74) is 2.44. The topological polar surface area (TPSA) is 78.4 Å². The minimum Gasteiger partial charge on any atom is -0.454 e. The number of benzene rings is 2. The number of ether oxygens (including phenoxy) is 4. The number of hydrazone groups is 1. The van der Waals surface area contributed by atoms with Crippen LogP contribution < -0.4 is 24.4 Å². The number of halogens is 4. The lowest BCUT2D eigenvalue weighted by Crippen LogP contribution is -2.17. The first-order valence-electron chi connectivity index (χ1n) is 7.69. The number of fused-ring (bicyclic) bond motifs is 1. The fourth-order valence-electron chi connectivity index (χ4n) is 2.26. The summed E-state index contributed by atoms with van der Waals surface area (Å²) in [6.07, 6.45) is 1.02. The molecule has 1 aliphatic rings. The zero-order valence-electron chi connectivity index (χ0n) is 13.9. The second kappa shape index (κ2) is 8.46. The average molecular weight is 400 g/mol. The van der Waals surface area contributed by atoms with Crippen molar-refractivity contribution < 1.29 is 41.3 Å². The van der Waals surface area contributed by atoms with Gasteiger partial charge in [-0.05, 0) is 30.3 Å². The molecule has 148 valence electrons. The molecule has 0 radical (unpaired) electrons. The standard InChI is InChI=1S/C17H12F4N2O5/c18-16(19)27-11-3-1-10(13(6-11)28-17(20)21)7-22-23-15(24)9-2-4-12-14(5-9)26-8-25-12/h1-7,16-17H,8H2,(H,23,24)/b22-7+. The van der Waals surface area contributed by atoms with Crippen molar-refractivity contribution in [2.45, 2.75) is 13.2 Å². The zero-order valence-corrected chi connectivity index (χ0v) is 13.9. The Morgan fingerprint density at radius 1 is 1.04 bits per heavy atom. The van der Waals surface area contributed by atoms with Gasteiger partial charge in [0.15, 0.2) is 11.5 Å². The number of hydrogen-bond acceptors (Lipinski definition) is 6. The van der Waals surface area contributed by atoms with Gasteiger partial charge in [0.1, 0.15) is 11.5 Å². The summed E-state index contributed by atoms with van der Waals surface area (Å²) in [5, 5.41) is 3.66. The predicted molar refractivity (Wildman–Crippen MR) is 87.3 cm³/mol. The molecule has 0 saturated carbocycles. The maximum atomic E-state index is 12.5. The van der Waals surface area contributed by atoms with Crippen molar-refractivity contribution in [3.05, 3.63) is 47.5 Å². The minimum atomic E-state index is -3.20. The Labute approximate surface area is 155 Å². The number of alkyl halides is 4. The molecule has 0 unspecified atom stereocenters. The SMILES string of the molecule is O=C(N/N=C/c1ccc(OC(F)F)cc1OC(F)F)c1ccc2c(c1)OCO2. The second-order valence-electron chi connectivity index (χ2n) is 5.22. The highest BCUT2D eigenvalue weighted by Gasteiger charge is 2.16. The Morgan fingerprint density at radius 2 is 1.79 bits per heavy atom. The van der Waals surface area contributed by atoms with Crippen LogP contribution in [0, 0.1) is 0 Å². The van der Waals surface area contributed by atoms with Gasteiger partial charge in [-0.15, -0.1) is 0 Å². The molecule has 0 saturated heterocycles. The van der Waals surface area contributed by atoms with Crippen LogP contribution in [0.5, 0.6) is 23.0 Å². The molecule has 3 rings (SSSR count). The van der Waals surface area contributed by atoms with E-state index in [1.165, 1.54) is 18.2 Å². The first-order chi connectivity index (χ1) is 13.4. The summed E-state index contributed by atoms with van der Waals surface area (Å²) in [5.74, 6) is -0.510. The van der Waals surface area contributed by atoms with E-state index in [0.29, 0.717) is 11.5 Å². The van der Waals surface area contributed by atoms with Crippen LogP contribution >= 0.6 is 0 Å². The van der Waals surface area contributed by atoms with E-state index in [2.05, 4.69) is 20.0 Å². The van der Waals surface area contributed by atoms with E-state index in [4.69, 9.17) is 9.47 Å². The Hall–Kier alpha value is -3.50. The fourth-order valence-corrected chi connectivity index (χ4v) is 2.26. The normalized spacial score (nSPS) is 12.6. The molecule has 2 aromatic rings. The molecule has 1 N–H and O–H groups in total. The predicted octanol–water partition coefficient (Wildman–Crippen LogP) is 3.38. The Bertz CT molecular complexity index is 892. The lowest BCUT2D eigenvalue weighted by atomic mass is 10.2. The van der Waals surface area contributed by atoms with E-state index >= 15 is 0 Å². The first kappa shape index (κ1) is 19.3. The van der Waals surface area contributed by atoms with Crippen LogP contribution in [0.25, 0.3) is 0 Å². The first-order valence-corrected chi connectivity index (χ1v) is 7.69. The number of carbonyl (C=O) groups excluding carboxylic acids is 1. The van der Waals surface area contributed by atoms with Crippen molar-refractivity contribution >= 4 is 12.1 Å². The van der Waals surface area contributed by atoms with Gasteiger partial charge in [-0.25, -0.2) is 5.43 Å². The summed E-state index contributed by atoms with van der Waals surface area (Å²) < 4.78 is 68.3. The van der Waals surface area contributed by atoms with Crippen LogP contribution in [-0.2, 0) is 0 Å². The van der Waals surface area contributed by atoms with Crippen LogP contribution in [0.1, 0.15) is 15.9 Å². The molecule has 28 heavy (non-hydrogen) atoms. The summed E-state index contributed by atoms with van der Waals surface area (Å²) in [7, 11) is 0. The summed E-state index contributed by atoms with van der Waals surface area (Å²) >= 11 is 0. The van der Waals surface area contributed by atoms with E-state index in [1.807, 2.05) is 0 Å². The van der Waals surface area contributed by atoms with E-state index in [-0.39, 0.29) is 23.7 Å². The van der Waals surface area contributed by atoms with Gasteiger partial charge in [-0.2, -0.15) is 22.7 Å². The molecule has 1 amide bonds. The van der Waals surface area contributed by atoms with Crippen molar-refractivity contribution in [2.75, 3.05) is 6.79 Å². The molecular formula is C17H12F4N2O5. The smallest absolute Gasteiger partial charge is 0.387 e. The molecule has 0 atom stereocenters. The lowest BCUT2D eigenvalue weighted by molar-refractivity contribution is -0.0543. The molecule has 7 nitrogen and oxygen atoms in total. The highest BCUT2D eigenvalue weighted by Crippen LogP contribution is 2.32.